The zero-order valence-electron chi connectivity index (χ0n) is 8.43. The number of fused-ring (bicyclic) bond motifs is 3. The van der Waals surface area contributed by atoms with Crippen LogP contribution in [-0.4, -0.2) is 10.2 Å². The molecule has 0 saturated heterocycles. The van der Waals surface area contributed by atoms with Gasteiger partial charge in [0.15, 0.2) is 0 Å². The van der Waals surface area contributed by atoms with Crippen molar-refractivity contribution in [1.29, 1.82) is 0 Å². The van der Waals surface area contributed by atoms with Crippen LogP contribution in [0.4, 0.5) is 0 Å². The van der Waals surface area contributed by atoms with Gasteiger partial charge in [-0.1, -0.05) is 0 Å². The molecule has 1 aromatic heterocycles. The van der Waals surface area contributed by atoms with Crippen LogP contribution in [0.2, 0.25) is 0 Å². The van der Waals surface area contributed by atoms with Crippen molar-refractivity contribution >= 4 is 11.0 Å². The molecule has 3 rings (SSSR count). The quantitative estimate of drug-likeness (QED) is 0.657. The molecule has 16 heavy (non-hydrogen) atoms. The van der Waals surface area contributed by atoms with Crippen molar-refractivity contribution in [1.82, 2.24) is 0 Å². The molecule has 82 valence electrons. The van der Waals surface area contributed by atoms with Crippen LogP contribution < -0.4 is 5.63 Å². The van der Waals surface area contributed by atoms with Gasteiger partial charge in [-0.2, -0.15) is 0 Å². The minimum Gasteiger partial charge on any atom is -0.508 e. The summed E-state index contributed by atoms with van der Waals surface area (Å²) < 4.78 is 5.08. The van der Waals surface area contributed by atoms with Crippen molar-refractivity contribution in [3.63, 3.8) is 0 Å². The van der Waals surface area contributed by atoms with Crippen molar-refractivity contribution in [2.75, 3.05) is 0 Å². The van der Waals surface area contributed by atoms with E-state index < -0.39 is 11.7 Å². The Labute approximate surface area is 90.8 Å². The van der Waals surface area contributed by atoms with Gasteiger partial charge in [0.2, 0.25) is 0 Å². The topological polar surface area (TPSA) is 70.7 Å². The largest absolute Gasteiger partial charge is 0.508 e. The SMILES string of the molecule is O=c1oc2cc(O)ccc2c2c1C(O)CC2. The Morgan fingerprint density at radius 2 is 2.19 bits per heavy atom. The molecular weight excluding hydrogens is 208 g/mol. The molecule has 0 radical (unpaired) electrons. The van der Waals surface area contributed by atoms with E-state index >= 15 is 0 Å². The minimum atomic E-state index is -0.718. The summed E-state index contributed by atoms with van der Waals surface area (Å²) in [4.78, 5) is 11.6. The van der Waals surface area contributed by atoms with Crippen LogP contribution in [0.1, 0.15) is 23.7 Å². The highest BCUT2D eigenvalue weighted by Gasteiger charge is 2.27. The number of phenols is 1. The molecule has 4 heteroatoms. The molecule has 1 atom stereocenters. The van der Waals surface area contributed by atoms with Crippen molar-refractivity contribution in [2.45, 2.75) is 18.9 Å². The van der Waals surface area contributed by atoms with Gasteiger partial charge in [0, 0.05) is 11.5 Å². The summed E-state index contributed by atoms with van der Waals surface area (Å²) in [5.74, 6) is 0.0640. The molecule has 0 spiro atoms. The van der Waals surface area contributed by atoms with Gasteiger partial charge in [-0.3, -0.25) is 0 Å². The number of hydrogen-bond acceptors (Lipinski definition) is 4. The first-order chi connectivity index (χ1) is 7.66. The van der Waals surface area contributed by atoms with Gasteiger partial charge in [-0.25, -0.2) is 4.79 Å². The first kappa shape index (κ1) is 9.42. The van der Waals surface area contributed by atoms with Crippen molar-refractivity contribution < 1.29 is 14.6 Å². The summed E-state index contributed by atoms with van der Waals surface area (Å²) in [6.45, 7) is 0. The second kappa shape index (κ2) is 3.09. The fourth-order valence-corrected chi connectivity index (χ4v) is 2.30. The highest BCUT2D eigenvalue weighted by Crippen LogP contribution is 2.34. The summed E-state index contributed by atoms with van der Waals surface area (Å²) in [6, 6.07) is 4.68. The van der Waals surface area contributed by atoms with Gasteiger partial charge >= 0.3 is 5.63 Å². The normalized spacial score (nSPS) is 18.9. The summed E-state index contributed by atoms with van der Waals surface area (Å²) in [6.07, 6.45) is 0.508. The molecule has 0 aliphatic heterocycles. The van der Waals surface area contributed by atoms with E-state index in [1.54, 1.807) is 12.1 Å². The molecule has 1 unspecified atom stereocenters. The molecule has 0 fully saturated rings. The number of aryl methyl sites for hydroxylation is 1. The van der Waals surface area contributed by atoms with E-state index in [1.807, 2.05) is 0 Å². The lowest BCUT2D eigenvalue weighted by atomic mass is 10.1. The van der Waals surface area contributed by atoms with Crippen molar-refractivity contribution in [3.8, 4) is 5.75 Å². The number of phenolic OH excluding ortho intramolecular Hbond substituents is 1. The highest BCUT2D eigenvalue weighted by molar-refractivity contribution is 5.83. The molecule has 0 bridgehead atoms. The maximum absolute atomic E-state index is 11.6. The maximum atomic E-state index is 11.6. The smallest absolute Gasteiger partial charge is 0.342 e. The van der Waals surface area contributed by atoms with Crippen LogP contribution in [0.5, 0.6) is 5.75 Å². The molecule has 2 aromatic rings. The van der Waals surface area contributed by atoms with Crippen LogP contribution in [0.25, 0.3) is 11.0 Å². The first-order valence-electron chi connectivity index (χ1n) is 5.13. The molecule has 1 aliphatic carbocycles. The van der Waals surface area contributed by atoms with E-state index in [9.17, 15) is 15.0 Å². The van der Waals surface area contributed by atoms with E-state index in [2.05, 4.69) is 0 Å². The summed E-state index contributed by atoms with van der Waals surface area (Å²) in [7, 11) is 0. The summed E-state index contributed by atoms with van der Waals surface area (Å²) >= 11 is 0. The van der Waals surface area contributed by atoms with E-state index in [4.69, 9.17) is 4.42 Å². The average Bonchev–Trinajstić information content (AvgIpc) is 2.61. The molecular formula is C12H10O4. The van der Waals surface area contributed by atoms with E-state index in [0.29, 0.717) is 24.0 Å². The lowest BCUT2D eigenvalue weighted by molar-refractivity contribution is 0.176. The predicted octanol–water partition coefficient (Wildman–Crippen LogP) is 1.48. The Kier molecular flexibility index (Phi) is 1.82. The molecule has 0 saturated carbocycles. The third-order valence-corrected chi connectivity index (χ3v) is 3.04. The second-order valence-corrected chi connectivity index (χ2v) is 4.02. The molecule has 1 aliphatic rings. The number of aliphatic hydroxyl groups excluding tert-OH is 1. The van der Waals surface area contributed by atoms with Gasteiger partial charge in [-0.15, -0.1) is 0 Å². The number of benzene rings is 1. The summed E-state index contributed by atoms with van der Waals surface area (Å²) in [5, 5.41) is 19.8. The lowest BCUT2D eigenvalue weighted by Crippen LogP contribution is -2.10. The van der Waals surface area contributed by atoms with Crippen molar-refractivity contribution in [3.05, 3.63) is 39.7 Å². The number of hydrogen-bond donors (Lipinski definition) is 2. The number of aliphatic hydroxyl groups is 1. The predicted molar refractivity (Wildman–Crippen MR) is 57.4 cm³/mol. The third kappa shape index (κ3) is 1.17. The van der Waals surface area contributed by atoms with Crippen LogP contribution >= 0.6 is 0 Å². The Bertz CT molecular complexity index is 627. The zero-order chi connectivity index (χ0) is 11.3. The van der Waals surface area contributed by atoms with Gasteiger partial charge in [0.05, 0.1) is 11.7 Å². The van der Waals surface area contributed by atoms with Crippen molar-refractivity contribution in [2.24, 2.45) is 0 Å². The maximum Gasteiger partial charge on any atom is 0.342 e. The van der Waals surface area contributed by atoms with E-state index in [0.717, 1.165) is 10.9 Å². The standard InChI is InChI=1S/C12H10O4/c13-6-1-2-7-8-3-4-9(14)11(8)12(15)16-10(7)5-6/h1-2,5,9,13-14H,3-4H2. The zero-order valence-corrected chi connectivity index (χ0v) is 8.43. The van der Waals surface area contributed by atoms with Gasteiger partial charge < -0.3 is 14.6 Å². The van der Waals surface area contributed by atoms with Crippen LogP contribution in [0.3, 0.4) is 0 Å². The number of aromatic hydroxyl groups is 1. The molecule has 1 aromatic carbocycles. The Morgan fingerprint density at radius 3 is 3.00 bits per heavy atom. The molecule has 1 heterocycles. The van der Waals surface area contributed by atoms with E-state index in [1.165, 1.54) is 6.07 Å². The van der Waals surface area contributed by atoms with Gasteiger partial charge in [0.1, 0.15) is 11.3 Å². The molecule has 2 N–H and O–H groups in total. The van der Waals surface area contributed by atoms with Crippen LogP contribution in [-0.2, 0) is 6.42 Å². The van der Waals surface area contributed by atoms with Crippen LogP contribution in [0, 0.1) is 0 Å². The monoisotopic (exact) mass is 218 g/mol. The fraction of sp³-hybridized carbons (Fsp3) is 0.250. The van der Waals surface area contributed by atoms with Crippen LogP contribution in [0.15, 0.2) is 27.4 Å². The number of rotatable bonds is 0. The summed E-state index contributed by atoms with van der Waals surface area (Å²) in [5.41, 5.74) is 1.09. The first-order valence-corrected chi connectivity index (χ1v) is 5.13. The highest BCUT2D eigenvalue weighted by atomic mass is 16.4. The molecule has 0 amide bonds. The van der Waals surface area contributed by atoms with E-state index in [-0.39, 0.29) is 5.75 Å². The minimum absolute atomic E-state index is 0.0640. The molecule has 4 nitrogen and oxygen atoms in total. The Hall–Kier alpha value is -1.81. The lowest BCUT2D eigenvalue weighted by Gasteiger charge is -2.05. The average molecular weight is 218 g/mol. The Balaban J connectivity index is 2.45. The fourth-order valence-electron chi connectivity index (χ4n) is 2.30. The third-order valence-electron chi connectivity index (χ3n) is 3.04. The van der Waals surface area contributed by atoms with Gasteiger partial charge in [-0.05, 0) is 30.5 Å². The second-order valence-electron chi connectivity index (χ2n) is 4.02. The van der Waals surface area contributed by atoms with Gasteiger partial charge in [0.25, 0.3) is 0 Å². The Morgan fingerprint density at radius 1 is 1.38 bits per heavy atom.